The third kappa shape index (κ3) is 6.97. The number of nitrogens with one attached hydrogen (secondary N) is 1. The minimum Gasteiger partial charge on any atom is -0.633 e. The molecular formula is C24H24Cl2N4O3S2. The number of primary amides is 1. The first-order valence-corrected chi connectivity index (χ1v) is 13.6. The molecule has 1 fully saturated rings. The quantitative estimate of drug-likeness (QED) is 0.230. The van der Waals surface area contributed by atoms with Crippen LogP contribution in [0.1, 0.15) is 28.8 Å². The number of likely N-dealkylation sites (tertiary alicyclic amines) is 1. The number of aromatic nitrogens is 1. The molecule has 2 heterocycles. The first-order chi connectivity index (χ1) is 16.7. The molecule has 184 valence electrons. The molecule has 35 heavy (non-hydrogen) atoms. The van der Waals surface area contributed by atoms with Gasteiger partial charge in [-0.2, -0.15) is 0 Å². The van der Waals surface area contributed by atoms with Crippen LogP contribution in [0, 0.1) is 5.21 Å². The number of amides is 2. The SMILES string of the molecule is NC(=O)c1cccc(-c2csc(SCC(=O)NC3CC[N+]([O-])(Cc4ccc(Cl)c(Cl)c4)CC3)n2)c1. The number of hydroxylamine groups is 3. The number of quaternary nitrogens is 1. The average Bonchev–Trinajstić information content (AvgIpc) is 3.31. The zero-order valence-corrected chi connectivity index (χ0v) is 21.9. The highest BCUT2D eigenvalue weighted by Crippen LogP contribution is 2.29. The summed E-state index contributed by atoms with van der Waals surface area (Å²) in [5, 5.41) is 19.0. The van der Waals surface area contributed by atoms with Gasteiger partial charge in [0.2, 0.25) is 11.8 Å². The van der Waals surface area contributed by atoms with E-state index in [2.05, 4.69) is 10.3 Å². The van der Waals surface area contributed by atoms with Crippen molar-refractivity contribution < 1.29 is 14.2 Å². The third-order valence-corrected chi connectivity index (χ3v) is 8.60. The molecule has 3 aromatic rings. The molecule has 11 heteroatoms. The fraction of sp³-hybridized carbons (Fsp3) is 0.292. The second-order valence-electron chi connectivity index (χ2n) is 8.49. The largest absolute Gasteiger partial charge is 0.633 e. The third-order valence-electron chi connectivity index (χ3n) is 5.84. The van der Waals surface area contributed by atoms with Crippen LogP contribution in [0.2, 0.25) is 10.0 Å². The molecule has 0 radical (unpaired) electrons. The van der Waals surface area contributed by atoms with E-state index in [1.54, 1.807) is 30.3 Å². The highest BCUT2D eigenvalue weighted by molar-refractivity contribution is 8.01. The van der Waals surface area contributed by atoms with Crippen molar-refractivity contribution in [3.63, 3.8) is 0 Å². The molecule has 0 saturated carbocycles. The molecule has 3 N–H and O–H groups in total. The van der Waals surface area contributed by atoms with Crippen molar-refractivity contribution in [1.82, 2.24) is 10.3 Å². The number of halogens is 2. The van der Waals surface area contributed by atoms with Crippen molar-refractivity contribution >= 4 is 58.1 Å². The van der Waals surface area contributed by atoms with E-state index in [0.29, 0.717) is 48.1 Å². The summed E-state index contributed by atoms with van der Waals surface area (Å²) in [4.78, 5) is 28.4. The maximum atomic E-state index is 13.1. The van der Waals surface area contributed by atoms with E-state index < -0.39 is 5.91 Å². The summed E-state index contributed by atoms with van der Waals surface area (Å²) >= 11 is 14.8. The average molecular weight is 552 g/mol. The van der Waals surface area contributed by atoms with E-state index in [-0.39, 0.29) is 22.3 Å². The molecule has 0 atom stereocenters. The number of carbonyl (C=O) groups excluding carboxylic acids is 2. The molecule has 0 aliphatic carbocycles. The van der Waals surface area contributed by atoms with Crippen molar-refractivity contribution in [3.8, 4) is 11.3 Å². The summed E-state index contributed by atoms with van der Waals surface area (Å²) in [6.45, 7) is 1.19. The lowest BCUT2D eigenvalue weighted by molar-refractivity contribution is -0.898. The van der Waals surface area contributed by atoms with Gasteiger partial charge in [-0.15, -0.1) is 11.3 Å². The van der Waals surface area contributed by atoms with Gasteiger partial charge in [-0.25, -0.2) is 4.98 Å². The molecule has 2 aromatic carbocycles. The van der Waals surface area contributed by atoms with Crippen LogP contribution in [-0.2, 0) is 11.3 Å². The minimum atomic E-state index is -0.488. The van der Waals surface area contributed by atoms with Gasteiger partial charge in [-0.1, -0.05) is 53.2 Å². The normalized spacial score (nSPS) is 19.9. The predicted octanol–water partition coefficient (Wildman–Crippen LogP) is 5.10. The van der Waals surface area contributed by atoms with Gasteiger partial charge in [0.1, 0.15) is 6.54 Å². The Morgan fingerprint density at radius 2 is 1.94 bits per heavy atom. The van der Waals surface area contributed by atoms with Crippen LogP contribution >= 0.6 is 46.3 Å². The summed E-state index contributed by atoms with van der Waals surface area (Å²) in [5.74, 6) is -0.327. The molecule has 0 bridgehead atoms. The van der Waals surface area contributed by atoms with Crippen molar-refractivity contribution in [2.45, 2.75) is 29.8 Å². The minimum absolute atomic E-state index is 0.0134. The maximum absolute atomic E-state index is 13.1. The fourth-order valence-electron chi connectivity index (χ4n) is 4.00. The number of nitrogens with two attached hydrogens (primary N) is 1. The van der Waals surface area contributed by atoms with Gasteiger partial charge in [0, 0.05) is 41.0 Å². The van der Waals surface area contributed by atoms with Gasteiger partial charge in [0.25, 0.3) is 0 Å². The lowest BCUT2D eigenvalue weighted by Crippen LogP contribution is -2.52. The van der Waals surface area contributed by atoms with E-state index in [1.807, 2.05) is 17.5 Å². The Morgan fingerprint density at radius 1 is 1.17 bits per heavy atom. The van der Waals surface area contributed by atoms with Crippen molar-refractivity contribution in [2.24, 2.45) is 5.73 Å². The van der Waals surface area contributed by atoms with Gasteiger partial charge in [-0.05, 0) is 24.3 Å². The summed E-state index contributed by atoms with van der Waals surface area (Å²) in [7, 11) is 0. The number of piperidine rings is 1. The Kier molecular flexibility index (Phi) is 8.36. The molecule has 0 unspecified atom stereocenters. The van der Waals surface area contributed by atoms with E-state index in [9.17, 15) is 14.8 Å². The fourth-order valence-corrected chi connectivity index (χ4v) is 5.96. The lowest BCUT2D eigenvalue weighted by Gasteiger charge is -2.47. The van der Waals surface area contributed by atoms with Crippen LogP contribution in [0.15, 0.2) is 52.2 Å². The van der Waals surface area contributed by atoms with Crippen molar-refractivity contribution in [3.05, 3.63) is 74.2 Å². The molecule has 0 spiro atoms. The highest BCUT2D eigenvalue weighted by Gasteiger charge is 2.28. The first kappa shape index (κ1) is 25.9. The molecule has 2 amide bonds. The number of benzene rings is 2. The van der Waals surface area contributed by atoms with Gasteiger partial charge >= 0.3 is 0 Å². The second kappa shape index (κ2) is 11.3. The zero-order chi connectivity index (χ0) is 25.0. The van der Waals surface area contributed by atoms with Crippen LogP contribution in [0.25, 0.3) is 11.3 Å². The number of thioether (sulfide) groups is 1. The van der Waals surface area contributed by atoms with Crippen LogP contribution in [0.4, 0.5) is 0 Å². The lowest BCUT2D eigenvalue weighted by atomic mass is 10.0. The Labute approximate surface area is 221 Å². The van der Waals surface area contributed by atoms with Crippen molar-refractivity contribution in [2.75, 3.05) is 18.8 Å². The maximum Gasteiger partial charge on any atom is 0.248 e. The summed E-state index contributed by atoms with van der Waals surface area (Å²) in [6, 6.07) is 12.3. The summed E-state index contributed by atoms with van der Waals surface area (Å²) < 4.78 is 0.429. The Balaban J connectivity index is 1.24. The topological polar surface area (TPSA) is 108 Å². The van der Waals surface area contributed by atoms with Gasteiger partial charge in [-0.3, -0.25) is 9.59 Å². The molecule has 7 nitrogen and oxygen atoms in total. The molecule has 1 aliphatic rings. The molecule has 1 aromatic heterocycles. The molecule has 1 aliphatic heterocycles. The van der Waals surface area contributed by atoms with Crippen LogP contribution in [-0.4, -0.2) is 46.3 Å². The molecule has 1 saturated heterocycles. The number of nitrogens with zero attached hydrogens (tertiary/aromatic N) is 2. The van der Waals surface area contributed by atoms with Crippen molar-refractivity contribution in [1.29, 1.82) is 0 Å². The van der Waals surface area contributed by atoms with E-state index in [1.165, 1.54) is 23.1 Å². The second-order valence-corrected chi connectivity index (χ2v) is 11.4. The molecular weight excluding hydrogens is 527 g/mol. The number of hydrogen-bond acceptors (Lipinski definition) is 6. The number of hydrogen-bond donors (Lipinski definition) is 2. The first-order valence-electron chi connectivity index (χ1n) is 11.0. The Bertz CT molecular complexity index is 1230. The van der Waals surface area contributed by atoms with Gasteiger partial charge < -0.3 is 20.9 Å². The van der Waals surface area contributed by atoms with Gasteiger partial charge in [0.05, 0.1) is 34.6 Å². The van der Waals surface area contributed by atoms with Gasteiger partial charge in [0.15, 0.2) is 4.34 Å². The molecule has 4 rings (SSSR count). The van der Waals surface area contributed by atoms with E-state index in [4.69, 9.17) is 28.9 Å². The van der Waals surface area contributed by atoms with Crippen LogP contribution in [0.3, 0.4) is 0 Å². The smallest absolute Gasteiger partial charge is 0.248 e. The van der Waals surface area contributed by atoms with Crippen LogP contribution in [0.5, 0.6) is 0 Å². The highest BCUT2D eigenvalue weighted by atomic mass is 35.5. The number of rotatable bonds is 8. The number of carbonyl (C=O) groups is 2. The number of thiazole rings is 1. The standard InChI is InChI=1S/C24H24Cl2N4O3S2/c25-19-5-4-15(10-20(19)26)12-30(33)8-6-18(7-9-30)28-22(31)14-35-24-29-21(13-34-24)16-2-1-3-17(11-16)23(27)32/h1-5,10-11,13,18H,6-9,12,14H2,(H2,27,32)(H,28,31). The van der Waals surface area contributed by atoms with E-state index in [0.717, 1.165) is 21.2 Å². The van der Waals surface area contributed by atoms with Crippen LogP contribution < -0.4 is 11.1 Å². The predicted molar refractivity (Wildman–Crippen MR) is 141 cm³/mol. The monoisotopic (exact) mass is 550 g/mol. The Hall–Kier alpha value is -2.14. The van der Waals surface area contributed by atoms with E-state index >= 15 is 0 Å². The Morgan fingerprint density at radius 3 is 2.66 bits per heavy atom. The zero-order valence-electron chi connectivity index (χ0n) is 18.7. The summed E-state index contributed by atoms with van der Waals surface area (Å²) in [6.07, 6.45) is 1.25. The summed E-state index contributed by atoms with van der Waals surface area (Å²) in [5.41, 5.74) is 8.17.